The van der Waals surface area contributed by atoms with Crippen LogP contribution >= 0.6 is 0 Å². The van der Waals surface area contributed by atoms with Crippen molar-refractivity contribution in [3.8, 4) is 28.7 Å². The maximum atomic E-state index is 13.2. The Bertz CT molecular complexity index is 1530. The van der Waals surface area contributed by atoms with E-state index in [9.17, 15) is 28.2 Å². The fraction of sp³-hybridized carbons (Fsp3) is 0.167. The summed E-state index contributed by atoms with van der Waals surface area (Å²) in [7, 11) is -2.61. The standard InChI is InChI=1S/C24H22N2O9S/c1-10-8-15(27)18(19(25)12-4-6-13(7-5-12)36(26,31)32)22-17(10)24(30)35-20-11(2)16(33-3)9-14(23(28)29)21(20)34-22/h4-9,19,27H,25H2,1-3H3,(H,28,29)(H2,26,31,32). The molecule has 188 valence electrons. The molecule has 4 rings (SSSR count). The lowest BCUT2D eigenvalue weighted by Gasteiger charge is -2.21. The zero-order valence-electron chi connectivity index (χ0n) is 19.4. The minimum absolute atomic E-state index is 0.0337. The Morgan fingerprint density at radius 1 is 1.06 bits per heavy atom. The van der Waals surface area contributed by atoms with Gasteiger partial charge in [0, 0.05) is 5.56 Å². The third-order valence-electron chi connectivity index (χ3n) is 5.86. The lowest BCUT2D eigenvalue weighted by atomic mass is 9.93. The smallest absolute Gasteiger partial charge is 0.347 e. The van der Waals surface area contributed by atoms with E-state index in [1.165, 1.54) is 43.5 Å². The van der Waals surface area contributed by atoms with E-state index in [4.69, 9.17) is 25.1 Å². The molecule has 3 aromatic carbocycles. The van der Waals surface area contributed by atoms with Crippen molar-refractivity contribution in [3.63, 3.8) is 0 Å². The highest BCUT2D eigenvalue weighted by Gasteiger charge is 2.35. The Hall–Kier alpha value is -4.13. The van der Waals surface area contributed by atoms with Crippen molar-refractivity contribution in [3.05, 3.63) is 69.8 Å². The van der Waals surface area contributed by atoms with Crippen LogP contribution in [0, 0.1) is 13.8 Å². The van der Waals surface area contributed by atoms with Crippen LogP contribution < -0.4 is 25.1 Å². The monoisotopic (exact) mass is 514 g/mol. The topological polar surface area (TPSA) is 188 Å². The van der Waals surface area contributed by atoms with Crippen molar-refractivity contribution >= 4 is 22.0 Å². The number of methoxy groups -OCH3 is 1. The molecule has 6 N–H and O–H groups in total. The normalized spacial score (nSPS) is 13.5. The van der Waals surface area contributed by atoms with Crippen molar-refractivity contribution in [2.45, 2.75) is 24.8 Å². The second kappa shape index (κ2) is 8.82. The van der Waals surface area contributed by atoms with Gasteiger partial charge in [-0.25, -0.2) is 23.1 Å². The molecule has 0 bridgehead atoms. The summed E-state index contributed by atoms with van der Waals surface area (Å²) in [6.07, 6.45) is 0. The number of aromatic hydroxyl groups is 1. The van der Waals surface area contributed by atoms with Crippen molar-refractivity contribution in [2.75, 3.05) is 7.11 Å². The number of aromatic carboxylic acids is 1. The second-order valence-electron chi connectivity index (χ2n) is 8.13. The summed E-state index contributed by atoms with van der Waals surface area (Å²) >= 11 is 0. The molecule has 1 unspecified atom stereocenters. The molecule has 3 aromatic rings. The molecule has 1 aliphatic rings. The SMILES string of the molecule is COc1cc(C(=O)O)c2c(c1C)OC(=O)c1c(C)cc(O)c(C(N)c3ccc(S(N)(=O)=O)cc3)c1O2. The van der Waals surface area contributed by atoms with Gasteiger partial charge in [0.25, 0.3) is 0 Å². The Morgan fingerprint density at radius 3 is 2.25 bits per heavy atom. The quantitative estimate of drug-likeness (QED) is 0.291. The molecule has 0 aliphatic carbocycles. The Kier molecular flexibility index (Phi) is 6.12. The highest BCUT2D eigenvalue weighted by Crippen LogP contribution is 2.50. The van der Waals surface area contributed by atoms with Crippen LogP contribution in [0.2, 0.25) is 0 Å². The van der Waals surface area contributed by atoms with E-state index in [1.807, 2.05) is 0 Å². The van der Waals surface area contributed by atoms with Gasteiger partial charge in [-0.3, -0.25) is 0 Å². The minimum atomic E-state index is -3.95. The molecule has 12 heteroatoms. The first-order valence-corrected chi connectivity index (χ1v) is 12.0. The number of ether oxygens (including phenoxy) is 3. The Morgan fingerprint density at radius 2 is 1.69 bits per heavy atom. The predicted octanol–water partition coefficient (Wildman–Crippen LogP) is 2.74. The van der Waals surface area contributed by atoms with Crippen molar-refractivity contribution in [1.29, 1.82) is 0 Å². The summed E-state index contributed by atoms with van der Waals surface area (Å²) in [6.45, 7) is 3.11. The van der Waals surface area contributed by atoms with Crippen LogP contribution in [0.3, 0.4) is 0 Å². The number of phenolic OH excluding ortho intramolecular Hbond substituents is 1. The number of fused-ring (bicyclic) bond motifs is 2. The number of hydrogen-bond donors (Lipinski definition) is 4. The number of carbonyl (C=O) groups is 2. The van der Waals surface area contributed by atoms with Crippen LogP contribution in [0.4, 0.5) is 0 Å². The summed E-state index contributed by atoms with van der Waals surface area (Å²) in [5, 5.41) is 25.8. The van der Waals surface area contributed by atoms with E-state index in [2.05, 4.69) is 0 Å². The number of carboxylic acids is 1. The average Bonchev–Trinajstić information content (AvgIpc) is 2.95. The minimum Gasteiger partial charge on any atom is -0.507 e. The molecule has 1 aliphatic heterocycles. The number of nitrogens with two attached hydrogens (primary N) is 2. The van der Waals surface area contributed by atoms with E-state index < -0.39 is 28.0 Å². The average molecular weight is 515 g/mol. The van der Waals surface area contributed by atoms with Gasteiger partial charge in [0.15, 0.2) is 17.2 Å². The van der Waals surface area contributed by atoms with Gasteiger partial charge >= 0.3 is 11.9 Å². The van der Waals surface area contributed by atoms with Gasteiger partial charge in [0.2, 0.25) is 10.0 Å². The summed E-state index contributed by atoms with van der Waals surface area (Å²) < 4.78 is 40.0. The van der Waals surface area contributed by atoms with Gasteiger partial charge < -0.3 is 30.2 Å². The lowest BCUT2D eigenvalue weighted by Crippen LogP contribution is -2.17. The fourth-order valence-electron chi connectivity index (χ4n) is 4.03. The molecule has 0 saturated carbocycles. The molecule has 36 heavy (non-hydrogen) atoms. The molecule has 0 amide bonds. The van der Waals surface area contributed by atoms with Crippen LogP contribution in [-0.4, -0.2) is 37.7 Å². The summed E-state index contributed by atoms with van der Waals surface area (Å²) in [4.78, 5) is 25.1. The van der Waals surface area contributed by atoms with E-state index in [1.54, 1.807) is 13.8 Å². The number of carboxylic acid groups (broad SMARTS) is 1. The molecule has 0 fully saturated rings. The van der Waals surface area contributed by atoms with Crippen LogP contribution in [0.15, 0.2) is 41.3 Å². The predicted molar refractivity (Wildman–Crippen MR) is 126 cm³/mol. The van der Waals surface area contributed by atoms with Crippen LogP contribution in [0.25, 0.3) is 0 Å². The second-order valence-corrected chi connectivity index (χ2v) is 9.69. The molecule has 0 saturated heterocycles. The van der Waals surface area contributed by atoms with Gasteiger partial charge in [0.05, 0.1) is 23.6 Å². The maximum absolute atomic E-state index is 13.2. The van der Waals surface area contributed by atoms with Gasteiger partial charge in [0.1, 0.15) is 22.6 Å². The molecular formula is C24H22N2O9S. The highest BCUT2D eigenvalue weighted by molar-refractivity contribution is 7.89. The van der Waals surface area contributed by atoms with E-state index >= 15 is 0 Å². The largest absolute Gasteiger partial charge is 0.507 e. The van der Waals surface area contributed by atoms with E-state index in [0.717, 1.165) is 0 Å². The first kappa shape index (κ1) is 25.0. The molecule has 11 nitrogen and oxygen atoms in total. The molecule has 1 heterocycles. The van der Waals surface area contributed by atoms with Crippen molar-refractivity contribution < 1.29 is 42.4 Å². The van der Waals surface area contributed by atoms with Crippen molar-refractivity contribution in [1.82, 2.24) is 0 Å². The fourth-order valence-corrected chi connectivity index (χ4v) is 4.54. The number of rotatable bonds is 5. The lowest BCUT2D eigenvalue weighted by molar-refractivity contribution is 0.0685. The van der Waals surface area contributed by atoms with Crippen LogP contribution in [0.1, 0.15) is 49.0 Å². The molecule has 0 radical (unpaired) electrons. The van der Waals surface area contributed by atoms with Gasteiger partial charge in [-0.05, 0) is 49.2 Å². The number of primary sulfonamides is 1. The summed E-state index contributed by atoms with van der Waals surface area (Å²) in [5.41, 5.74) is 6.97. The molecule has 1 atom stereocenters. The van der Waals surface area contributed by atoms with Gasteiger partial charge in [-0.2, -0.15) is 0 Å². The summed E-state index contributed by atoms with van der Waals surface area (Å²) in [5.74, 6) is -2.99. The van der Waals surface area contributed by atoms with Gasteiger partial charge in [-0.1, -0.05) is 12.1 Å². The van der Waals surface area contributed by atoms with Crippen LogP contribution in [0.5, 0.6) is 28.7 Å². The number of benzene rings is 3. The number of sulfonamides is 1. The number of hydrogen-bond acceptors (Lipinski definition) is 9. The van der Waals surface area contributed by atoms with Crippen molar-refractivity contribution in [2.24, 2.45) is 10.9 Å². The third-order valence-corrected chi connectivity index (χ3v) is 6.79. The Balaban J connectivity index is 1.96. The number of aryl methyl sites for hydroxylation is 1. The zero-order chi connectivity index (χ0) is 26.5. The van der Waals surface area contributed by atoms with E-state index in [0.29, 0.717) is 16.7 Å². The maximum Gasteiger partial charge on any atom is 0.347 e. The number of esters is 1. The number of phenols is 1. The molecule has 0 aromatic heterocycles. The van der Waals surface area contributed by atoms with E-state index in [-0.39, 0.29) is 50.3 Å². The Labute approximate surface area is 205 Å². The van der Waals surface area contributed by atoms with Gasteiger partial charge in [-0.15, -0.1) is 0 Å². The zero-order valence-corrected chi connectivity index (χ0v) is 20.2. The first-order chi connectivity index (χ1) is 16.8. The first-order valence-electron chi connectivity index (χ1n) is 10.4. The molecular weight excluding hydrogens is 492 g/mol. The number of carbonyl (C=O) groups excluding carboxylic acids is 1. The third kappa shape index (κ3) is 4.11. The summed E-state index contributed by atoms with van der Waals surface area (Å²) in [6, 6.07) is 6.72. The highest BCUT2D eigenvalue weighted by atomic mass is 32.2. The molecule has 0 spiro atoms. The van der Waals surface area contributed by atoms with Crippen LogP contribution in [-0.2, 0) is 10.0 Å².